The molecule has 146 valence electrons. The Kier molecular flexibility index (Phi) is 7.85. The van der Waals surface area contributed by atoms with Crippen molar-refractivity contribution in [3.05, 3.63) is 59.7 Å². The van der Waals surface area contributed by atoms with Gasteiger partial charge in [-0.1, -0.05) is 26.0 Å². The average Bonchev–Trinajstić information content (AvgIpc) is 2.71. The predicted molar refractivity (Wildman–Crippen MR) is 104 cm³/mol. The fourth-order valence-corrected chi connectivity index (χ4v) is 2.18. The van der Waals surface area contributed by atoms with Gasteiger partial charge in [0.1, 0.15) is 17.6 Å². The minimum atomic E-state index is -0.547. The van der Waals surface area contributed by atoms with E-state index in [0.717, 1.165) is 6.42 Å². The Balaban J connectivity index is 1.76. The molecule has 0 saturated heterocycles. The van der Waals surface area contributed by atoms with Crippen LogP contribution in [0.15, 0.2) is 48.5 Å². The molecule has 0 unspecified atom stereocenters. The van der Waals surface area contributed by atoms with E-state index in [9.17, 15) is 9.59 Å². The van der Waals surface area contributed by atoms with Crippen LogP contribution < -0.4 is 20.3 Å². The number of ether oxygens (including phenoxy) is 2. The number of amides is 2. The lowest BCUT2D eigenvalue weighted by molar-refractivity contribution is -0.123. The van der Waals surface area contributed by atoms with E-state index in [-0.39, 0.29) is 6.61 Å². The van der Waals surface area contributed by atoms with E-state index in [0.29, 0.717) is 35.2 Å². The van der Waals surface area contributed by atoms with E-state index in [1.165, 1.54) is 0 Å². The number of nitrogens with zero attached hydrogens (tertiary/aromatic N) is 1. The van der Waals surface area contributed by atoms with Crippen LogP contribution in [0.2, 0.25) is 0 Å². The molecular formula is C21H23N3O4. The van der Waals surface area contributed by atoms with Crippen LogP contribution in [0.5, 0.6) is 11.5 Å². The van der Waals surface area contributed by atoms with Gasteiger partial charge >= 0.3 is 0 Å². The van der Waals surface area contributed by atoms with E-state index in [2.05, 4.69) is 24.7 Å². The van der Waals surface area contributed by atoms with Crippen LogP contribution in [-0.2, 0) is 4.79 Å². The van der Waals surface area contributed by atoms with Gasteiger partial charge in [-0.2, -0.15) is 5.26 Å². The van der Waals surface area contributed by atoms with Crippen molar-refractivity contribution >= 4 is 11.8 Å². The van der Waals surface area contributed by atoms with Crippen molar-refractivity contribution in [2.75, 3.05) is 13.2 Å². The van der Waals surface area contributed by atoms with Crippen LogP contribution in [-0.4, -0.2) is 25.0 Å². The molecule has 0 aliphatic carbocycles. The Hall–Kier alpha value is -3.53. The first-order valence-electron chi connectivity index (χ1n) is 8.93. The number of hydrogen-bond donors (Lipinski definition) is 2. The number of rotatable bonds is 8. The minimum Gasteiger partial charge on any atom is -0.494 e. The Morgan fingerprint density at radius 3 is 2.43 bits per heavy atom. The molecular weight excluding hydrogens is 358 g/mol. The summed E-state index contributed by atoms with van der Waals surface area (Å²) in [6.45, 7) is 4.53. The van der Waals surface area contributed by atoms with Crippen LogP contribution in [0, 0.1) is 17.2 Å². The summed E-state index contributed by atoms with van der Waals surface area (Å²) < 4.78 is 10.9. The standard InChI is InChI=1S/C21H23N3O4/c1-15(2)11-12-27-18-9-7-16(8-10-18)21(26)24-23-20(25)14-28-19-6-4-3-5-17(19)13-22/h3-10,15H,11-12,14H2,1-2H3,(H,23,25)(H,24,26). The molecule has 2 aromatic carbocycles. The van der Waals surface area contributed by atoms with Crippen LogP contribution >= 0.6 is 0 Å². The van der Waals surface area contributed by atoms with Crippen molar-refractivity contribution in [2.45, 2.75) is 20.3 Å². The predicted octanol–water partition coefficient (Wildman–Crippen LogP) is 2.82. The van der Waals surface area contributed by atoms with Crippen molar-refractivity contribution < 1.29 is 19.1 Å². The molecule has 2 amide bonds. The lowest BCUT2D eigenvalue weighted by Crippen LogP contribution is -2.43. The monoisotopic (exact) mass is 381 g/mol. The highest BCUT2D eigenvalue weighted by Crippen LogP contribution is 2.16. The summed E-state index contributed by atoms with van der Waals surface area (Å²) in [6, 6.07) is 15.2. The van der Waals surface area contributed by atoms with Gasteiger partial charge in [0.05, 0.1) is 12.2 Å². The third-order valence-corrected chi connectivity index (χ3v) is 3.76. The first kappa shape index (κ1) is 20.8. The molecule has 0 fully saturated rings. The summed E-state index contributed by atoms with van der Waals surface area (Å²) in [4.78, 5) is 23.9. The maximum atomic E-state index is 12.1. The van der Waals surface area contributed by atoms with E-state index >= 15 is 0 Å². The van der Waals surface area contributed by atoms with Crippen molar-refractivity contribution in [3.8, 4) is 17.6 Å². The molecule has 7 nitrogen and oxygen atoms in total. The Labute approximate surface area is 164 Å². The maximum Gasteiger partial charge on any atom is 0.276 e. The van der Waals surface area contributed by atoms with Gasteiger partial charge in [0.25, 0.3) is 11.8 Å². The zero-order valence-electron chi connectivity index (χ0n) is 15.9. The largest absolute Gasteiger partial charge is 0.494 e. The lowest BCUT2D eigenvalue weighted by Gasteiger charge is -2.10. The fraction of sp³-hybridized carbons (Fsp3) is 0.286. The first-order valence-corrected chi connectivity index (χ1v) is 8.93. The number of nitrogens with one attached hydrogen (secondary N) is 2. The highest BCUT2D eigenvalue weighted by molar-refractivity contribution is 5.95. The van der Waals surface area contributed by atoms with Crippen molar-refractivity contribution in [2.24, 2.45) is 5.92 Å². The zero-order chi connectivity index (χ0) is 20.4. The number of carbonyl (C=O) groups excluding carboxylic acids is 2. The van der Waals surface area contributed by atoms with Gasteiger partial charge in [0, 0.05) is 5.56 Å². The minimum absolute atomic E-state index is 0.305. The summed E-state index contributed by atoms with van der Waals surface area (Å²) in [5.41, 5.74) is 5.30. The van der Waals surface area contributed by atoms with Crippen LogP contribution in [0.3, 0.4) is 0 Å². The van der Waals surface area contributed by atoms with Crippen molar-refractivity contribution in [1.82, 2.24) is 10.9 Å². The number of para-hydroxylation sites is 1. The number of benzene rings is 2. The van der Waals surface area contributed by atoms with Gasteiger partial charge in [0.2, 0.25) is 0 Å². The van der Waals surface area contributed by atoms with Gasteiger partial charge in [-0.25, -0.2) is 0 Å². The van der Waals surface area contributed by atoms with Gasteiger partial charge in [0.15, 0.2) is 6.61 Å². The molecule has 0 aromatic heterocycles. The van der Waals surface area contributed by atoms with E-state index in [1.54, 1.807) is 48.5 Å². The van der Waals surface area contributed by atoms with Gasteiger partial charge < -0.3 is 9.47 Å². The maximum absolute atomic E-state index is 12.1. The van der Waals surface area contributed by atoms with E-state index in [4.69, 9.17) is 14.7 Å². The summed E-state index contributed by atoms with van der Waals surface area (Å²) in [5.74, 6) is 0.547. The summed E-state index contributed by atoms with van der Waals surface area (Å²) in [5, 5.41) is 8.98. The molecule has 7 heteroatoms. The summed E-state index contributed by atoms with van der Waals surface area (Å²) in [6.07, 6.45) is 0.954. The molecule has 0 atom stereocenters. The number of hydrogen-bond acceptors (Lipinski definition) is 5. The smallest absolute Gasteiger partial charge is 0.276 e. The first-order chi connectivity index (χ1) is 13.5. The quantitative estimate of drug-likeness (QED) is 0.685. The average molecular weight is 381 g/mol. The Morgan fingerprint density at radius 2 is 1.75 bits per heavy atom. The second-order valence-electron chi connectivity index (χ2n) is 6.45. The van der Waals surface area contributed by atoms with Crippen molar-refractivity contribution in [3.63, 3.8) is 0 Å². The highest BCUT2D eigenvalue weighted by atomic mass is 16.5. The van der Waals surface area contributed by atoms with E-state index < -0.39 is 11.8 Å². The third-order valence-electron chi connectivity index (χ3n) is 3.76. The Morgan fingerprint density at radius 1 is 1.04 bits per heavy atom. The lowest BCUT2D eigenvalue weighted by atomic mass is 10.1. The molecule has 2 N–H and O–H groups in total. The molecule has 28 heavy (non-hydrogen) atoms. The molecule has 0 radical (unpaired) electrons. The fourth-order valence-electron chi connectivity index (χ4n) is 2.18. The molecule has 0 heterocycles. The topological polar surface area (TPSA) is 100 Å². The van der Waals surface area contributed by atoms with Gasteiger partial charge in [-0.05, 0) is 48.7 Å². The molecule has 2 rings (SSSR count). The van der Waals surface area contributed by atoms with Gasteiger partial charge in [-0.15, -0.1) is 0 Å². The summed E-state index contributed by atoms with van der Waals surface area (Å²) in [7, 11) is 0. The van der Waals surface area contributed by atoms with Gasteiger partial charge in [-0.3, -0.25) is 20.4 Å². The third kappa shape index (κ3) is 6.65. The molecule has 0 bridgehead atoms. The summed E-state index contributed by atoms with van der Waals surface area (Å²) >= 11 is 0. The number of carbonyl (C=O) groups is 2. The number of hydrazine groups is 1. The van der Waals surface area contributed by atoms with E-state index in [1.807, 2.05) is 6.07 Å². The second kappa shape index (κ2) is 10.6. The van der Waals surface area contributed by atoms with Crippen molar-refractivity contribution in [1.29, 1.82) is 5.26 Å². The van der Waals surface area contributed by atoms with Crippen LogP contribution in [0.4, 0.5) is 0 Å². The normalized spacial score (nSPS) is 10.1. The molecule has 0 aliphatic heterocycles. The molecule has 0 aliphatic rings. The zero-order valence-corrected chi connectivity index (χ0v) is 15.9. The number of nitriles is 1. The second-order valence-corrected chi connectivity index (χ2v) is 6.45. The van der Waals surface area contributed by atoms with Crippen LogP contribution in [0.25, 0.3) is 0 Å². The SMILES string of the molecule is CC(C)CCOc1ccc(C(=O)NNC(=O)COc2ccccc2C#N)cc1. The molecule has 0 saturated carbocycles. The molecule has 0 spiro atoms. The highest BCUT2D eigenvalue weighted by Gasteiger charge is 2.09. The molecule has 2 aromatic rings. The Bertz CT molecular complexity index is 841. The van der Waals surface area contributed by atoms with Crippen LogP contribution in [0.1, 0.15) is 36.2 Å².